The molecule has 0 fully saturated rings. The smallest absolute Gasteiger partial charge is 0.329 e. The second-order valence-electron chi connectivity index (χ2n) is 5.44. The van der Waals surface area contributed by atoms with Gasteiger partial charge >= 0.3 is 5.97 Å². The van der Waals surface area contributed by atoms with Crippen LogP contribution in [0.5, 0.6) is 0 Å². The number of rotatable bonds is 10. The van der Waals surface area contributed by atoms with Crippen molar-refractivity contribution in [1.29, 1.82) is 0 Å². The van der Waals surface area contributed by atoms with E-state index in [9.17, 15) is 9.59 Å². The molecule has 0 radical (unpaired) electrons. The Morgan fingerprint density at radius 3 is 2.81 bits per heavy atom. The largest absolute Gasteiger partial charge is 0.464 e. The average Bonchev–Trinajstić information content (AvgIpc) is 3.11. The summed E-state index contributed by atoms with van der Waals surface area (Å²) >= 11 is 1.54. The van der Waals surface area contributed by atoms with Crippen molar-refractivity contribution in [3.63, 3.8) is 0 Å². The third-order valence-corrected chi connectivity index (χ3v) is 4.52. The maximum atomic E-state index is 12.3. The number of carbonyl (C=O) groups is 2. The van der Waals surface area contributed by atoms with Crippen LogP contribution in [0.1, 0.15) is 28.9 Å². The van der Waals surface area contributed by atoms with E-state index in [0.717, 1.165) is 11.3 Å². The van der Waals surface area contributed by atoms with Crippen LogP contribution in [0.4, 0.5) is 0 Å². The summed E-state index contributed by atoms with van der Waals surface area (Å²) in [7, 11) is 0. The van der Waals surface area contributed by atoms with Crippen molar-refractivity contribution in [2.45, 2.75) is 25.1 Å². The van der Waals surface area contributed by atoms with Crippen molar-refractivity contribution in [1.82, 2.24) is 10.3 Å². The number of esters is 1. The summed E-state index contributed by atoms with van der Waals surface area (Å²) in [5.74, 6) is 0.579. The third-order valence-electron chi connectivity index (χ3n) is 3.42. The van der Waals surface area contributed by atoms with Gasteiger partial charge in [0.2, 0.25) is 0 Å². The van der Waals surface area contributed by atoms with Crippen LogP contribution in [-0.2, 0) is 21.7 Å². The molecule has 8 heteroatoms. The molecule has 0 saturated carbocycles. The van der Waals surface area contributed by atoms with Crippen molar-refractivity contribution >= 4 is 23.6 Å². The second-order valence-corrected chi connectivity index (χ2v) is 6.47. The minimum absolute atomic E-state index is 0.121. The Hall–Kier alpha value is -2.32. The van der Waals surface area contributed by atoms with Gasteiger partial charge < -0.3 is 20.2 Å². The van der Waals surface area contributed by atoms with Gasteiger partial charge in [0.25, 0.3) is 5.91 Å². The van der Waals surface area contributed by atoms with Crippen LogP contribution in [0.25, 0.3) is 0 Å². The lowest BCUT2D eigenvalue weighted by Crippen LogP contribution is -2.43. The molecule has 1 aromatic carbocycles. The first-order valence-electron chi connectivity index (χ1n) is 8.37. The Morgan fingerprint density at radius 2 is 2.12 bits per heavy atom. The highest BCUT2D eigenvalue weighted by molar-refractivity contribution is 7.98. The van der Waals surface area contributed by atoms with E-state index in [1.54, 1.807) is 18.7 Å². The molecular formula is C18H23N3O4S. The lowest BCUT2D eigenvalue weighted by Gasteiger charge is -2.16. The number of thioether (sulfide) groups is 1. The molecule has 0 aliphatic heterocycles. The second kappa shape index (κ2) is 10.6. The van der Waals surface area contributed by atoms with E-state index in [0.29, 0.717) is 24.6 Å². The van der Waals surface area contributed by atoms with Crippen LogP contribution in [0.3, 0.4) is 0 Å². The highest BCUT2D eigenvalue weighted by Crippen LogP contribution is 2.14. The standard InChI is InChI=1S/C18H23N3O4S/c1-2-24-18(23)15(12-26-11-13-6-4-3-5-7-13)21-17(22)14-10-25-16(20-14)8-9-19/h3-7,10,15H,2,8-9,11-12,19H2,1H3,(H,21,22). The SMILES string of the molecule is CCOC(=O)C(CSCc1ccccc1)NC(=O)c1coc(CCN)n1. The predicted octanol–water partition coefficient (Wildman–Crippen LogP) is 1.77. The van der Waals surface area contributed by atoms with Crippen LogP contribution in [0, 0.1) is 0 Å². The molecule has 3 N–H and O–H groups in total. The topological polar surface area (TPSA) is 107 Å². The number of nitrogens with two attached hydrogens (primary N) is 1. The highest BCUT2D eigenvalue weighted by atomic mass is 32.2. The zero-order valence-electron chi connectivity index (χ0n) is 14.6. The molecule has 2 rings (SSSR count). The van der Waals surface area contributed by atoms with Crippen molar-refractivity contribution in [2.75, 3.05) is 18.9 Å². The van der Waals surface area contributed by atoms with Gasteiger partial charge in [0, 0.05) is 24.5 Å². The summed E-state index contributed by atoms with van der Waals surface area (Å²) in [5, 5.41) is 2.67. The van der Waals surface area contributed by atoms with Gasteiger partial charge in [-0.1, -0.05) is 30.3 Å². The molecule has 7 nitrogen and oxygen atoms in total. The summed E-state index contributed by atoms with van der Waals surface area (Å²) in [6, 6.07) is 9.14. The normalized spacial score (nSPS) is 11.8. The number of amides is 1. The minimum Gasteiger partial charge on any atom is -0.464 e. The van der Waals surface area contributed by atoms with Crippen LogP contribution in [-0.4, -0.2) is 41.8 Å². The van der Waals surface area contributed by atoms with E-state index < -0.39 is 17.9 Å². The molecule has 0 bridgehead atoms. The van der Waals surface area contributed by atoms with E-state index in [2.05, 4.69) is 10.3 Å². The summed E-state index contributed by atoms with van der Waals surface area (Å²) in [6.45, 7) is 2.35. The molecule has 1 unspecified atom stereocenters. The fourth-order valence-corrected chi connectivity index (χ4v) is 3.17. The van der Waals surface area contributed by atoms with E-state index in [1.165, 1.54) is 6.26 Å². The van der Waals surface area contributed by atoms with Gasteiger partial charge in [-0.2, -0.15) is 11.8 Å². The number of ether oxygens (including phenoxy) is 1. The number of hydrogen-bond acceptors (Lipinski definition) is 7. The van der Waals surface area contributed by atoms with Crippen LogP contribution >= 0.6 is 11.8 Å². The Kier molecular flexibility index (Phi) is 8.17. The fraction of sp³-hybridized carbons (Fsp3) is 0.389. The van der Waals surface area contributed by atoms with Gasteiger partial charge in [-0.15, -0.1) is 0 Å². The first-order valence-corrected chi connectivity index (χ1v) is 9.53. The molecular weight excluding hydrogens is 354 g/mol. The Balaban J connectivity index is 1.94. The van der Waals surface area contributed by atoms with Gasteiger partial charge in [0.15, 0.2) is 11.6 Å². The maximum Gasteiger partial charge on any atom is 0.329 e. The highest BCUT2D eigenvalue weighted by Gasteiger charge is 2.24. The number of benzene rings is 1. The molecule has 1 aromatic heterocycles. The molecule has 140 valence electrons. The zero-order chi connectivity index (χ0) is 18.8. The lowest BCUT2D eigenvalue weighted by molar-refractivity contribution is -0.144. The molecule has 1 amide bonds. The number of hydrogen-bond donors (Lipinski definition) is 2. The van der Waals surface area contributed by atoms with Gasteiger partial charge in [-0.3, -0.25) is 4.79 Å². The van der Waals surface area contributed by atoms with Crippen LogP contribution in [0.15, 0.2) is 41.0 Å². The molecule has 2 aromatic rings. The first kappa shape index (κ1) is 20.0. The average molecular weight is 377 g/mol. The van der Waals surface area contributed by atoms with E-state index in [-0.39, 0.29) is 12.3 Å². The lowest BCUT2D eigenvalue weighted by atomic mass is 10.2. The van der Waals surface area contributed by atoms with Crippen LogP contribution < -0.4 is 11.1 Å². The van der Waals surface area contributed by atoms with Crippen molar-refractivity contribution in [3.8, 4) is 0 Å². The summed E-state index contributed by atoms with van der Waals surface area (Å²) in [5.41, 5.74) is 6.71. The molecule has 1 atom stereocenters. The summed E-state index contributed by atoms with van der Waals surface area (Å²) < 4.78 is 10.2. The predicted molar refractivity (Wildman–Crippen MR) is 99.8 cm³/mol. The molecule has 1 heterocycles. The Bertz CT molecular complexity index is 705. The number of nitrogens with zero attached hydrogens (tertiary/aromatic N) is 1. The minimum atomic E-state index is -0.758. The number of nitrogens with one attached hydrogen (secondary N) is 1. The number of aromatic nitrogens is 1. The van der Waals surface area contributed by atoms with E-state index in [4.69, 9.17) is 14.9 Å². The van der Waals surface area contributed by atoms with E-state index >= 15 is 0 Å². The molecule has 0 aliphatic rings. The van der Waals surface area contributed by atoms with Crippen LogP contribution in [0.2, 0.25) is 0 Å². The van der Waals surface area contributed by atoms with Crippen molar-refractivity contribution in [2.24, 2.45) is 5.73 Å². The van der Waals surface area contributed by atoms with Gasteiger partial charge in [0.1, 0.15) is 12.3 Å². The van der Waals surface area contributed by atoms with Gasteiger partial charge in [0.05, 0.1) is 6.61 Å². The number of oxazole rings is 1. The Labute approximate surface area is 156 Å². The van der Waals surface area contributed by atoms with E-state index in [1.807, 2.05) is 30.3 Å². The fourth-order valence-electron chi connectivity index (χ4n) is 2.17. The monoisotopic (exact) mass is 377 g/mol. The summed E-state index contributed by atoms with van der Waals surface area (Å²) in [6.07, 6.45) is 1.71. The van der Waals surface area contributed by atoms with Crippen molar-refractivity contribution in [3.05, 3.63) is 53.7 Å². The molecule has 0 spiro atoms. The number of carbonyl (C=O) groups excluding carboxylic acids is 2. The third kappa shape index (κ3) is 6.20. The van der Waals surface area contributed by atoms with Gasteiger partial charge in [-0.25, -0.2) is 9.78 Å². The molecule has 0 saturated heterocycles. The van der Waals surface area contributed by atoms with Gasteiger partial charge in [-0.05, 0) is 12.5 Å². The quantitative estimate of drug-likeness (QED) is 0.608. The zero-order valence-corrected chi connectivity index (χ0v) is 15.5. The first-order chi connectivity index (χ1) is 12.6. The maximum absolute atomic E-state index is 12.3. The van der Waals surface area contributed by atoms with Crippen molar-refractivity contribution < 1.29 is 18.7 Å². The molecule has 26 heavy (non-hydrogen) atoms. The summed E-state index contributed by atoms with van der Waals surface area (Å²) in [4.78, 5) is 28.6. The molecule has 0 aliphatic carbocycles. The Morgan fingerprint density at radius 1 is 1.35 bits per heavy atom.